The van der Waals surface area contributed by atoms with E-state index in [0.29, 0.717) is 41.5 Å². The van der Waals surface area contributed by atoms with Gasteiger partial charge in [-0.25, -0.2) is 8.60 Å². The monoisotopic (exact) mass is 564 g/mol. The Balaban J connectivity index is 1.17. The summed E-state index contributed by atoms with van der Waals surface area (Å²) in [7, 11) is -1.95. The third-order valence-corrected chi connectivity index (χ3v) is 10.2. The number of halogens is 3. The number of rotatable bonds is 8. The average molecular weight is 566 g/mol. The lowest BCUT2D eigenvalue weighted by Gasteiger charge is -2.38. The van der Waals surface area contributed by atoms with Gasteiger partial charge in [0, 0.05) is 47.8 Å². The molecule has 2 heterocycles. The van der Waals surface area contributed by atoms with Crippen LogP contribution < -0.4 is 0 Å². The van der Waals surface area contributed by atoms with E-state index in [4.69, 9.17) is 23.2 Å². The highest BCUT2D eigenvalue weighted by Gasteiger charge is 2.45. The smallest absolute Gasteiger partial charge is 0.258 e. The third-order valence-electron chi connectivity index (χ3n) is 8.25. The van der Waals surface area contributed by atoms with Crippen LogP contribution in [0.25, 0.3) is 0 Å². The lowest BCUT2D eigenvalue weighted by Crippen LogP contribution is -2.46. The molecule has 0 spiro atoms. The summed E-state index contributed by atoms with van der Waals surface area (Å²) in [5.41, 5.74) is 2.66. The molecule has 2 aliphatic carbocycles. The SMILES string of the molecule is C[C@@H](c1cc(Cl)cc(Cl)c1)N1C[C@@H]2C[C@H]1CN2Cc1cc(F)c(C(=O)N([O-])S(=O)C2CC2)cc1C1CC1. The van der Waals surface area contributed by atoms with E-state index in [-0.39, 0.29) is 27.2 Å². The minimum atomic E-state index is -1.95. The molecule has 2 aromatic carbocycles. The molecule has 6 rings (SSSR count). The maximum absolute atomic E-state index is 15.2. The molecular formula is C27H29Cl2FN3O3S-. The molecule has 0 aromatic heterocycles. The van der Waals surface area contributed by atoms with Crippen LogP contribution >= 0.6 is 23.2 Å². The van der Waals surface area contributed by atoms with Gasteiger partial charge in [0.1, 0.15) is 16.8 Å². The number of carbonyl (C=O) groups is 1. The van der Waals surface area contributed by atoms with Crippen molar-refractivity contribution in [2.24, 2.45) is 0 Å². The van der Waals surface area contributed by atoms with E-state index in [0.717, 1.165) is 49.0 Å². The highest BCUT2D eigenvalue weighted by atomic mass is 35.5. The van der Waals surface area contributed by atoms with Gasteiger partial charge < -0.3 is 9.68 Å². The number of nitrogens with zero attached hydrogens (tertiary/aromatic N) is 3. The standard InChI is InChI=1S/C27H29Cl2FN3O3S/c1-15(17-6-19(28)9-20(29)7-17)32-14-21-10-22(32)13-31(21)12-18-8-26(30)25(11-24(18)16-2-3-16)27(34)33(35)37(36)23-4-5-23/h6-9,11,15-16,21-23H,2-5,10,12-14H2,1H3/q-1/t15-,21-,22-,37?/m0/s1. The van der Waals surface area contributed by atoms with Gasteiger partial charge in [0.25, 0.3) is 5.91 Å². The molecule has 4 fully saturated rings. The van der Waals surface area contributed by atoms with Gasteiger partial charge in [-0.2, -0.15) is 0 Å². The first-order valence-corrected chi connectivity index (χ1v) is 14.8. The van der Waals surface area contributed by atoms with Crippen LogP contribution in [-0.2, 0) is 17.5 Å². The Kier molecular flexibility index (Phi) is 6.87. The van der Waals surface area contributed by atoms with Gasteiger partial charge in [-0.3, -0.25) is 14.6 Å². The summed E-state index contributed by atoms with van der Waals surface area (Å²) in [6, 6.07) is 9.59. The highest BCUT2D eigenvalue weighted by molar-refractivity contribution is 7.84. The second-order valence-corrected chi connectivity index (χ2v) is 13.3. The Morgan fingerprint density at radius 3 is 2.41 bits per heavy atom. The molecule has 6 nitrogen and oxygen atoms in total. The van der Waals surface area contributed by atoms with Gasteiger partial charge in [0.2, 0.25) is 0 Å². The molecule has 1 unspecified atom stereocenters. The van der Waals surface area contributed by atoms with Crippen molar-refractivity contribution in [1.29, 1.82) is 0 Å². The topological polar surface area (TPSA) is 66.9 Å². The molecule has 37 heavy (non-hydrogen) atoms. The Morgan fingerprint density at radius 1 is 1.11 bits per heavy atom. The van der Waals surface area contributed by atoms with Crippen LogP contribution in [0.3, 0.4) is 0 Å². The van der Waals surface area contributed by atoms with E-state index in [1.807, 2.05) is 12.1 Å². The number of hydrogen-bond acceptors (Lipinski definition) is 5. The summed E-state index contributed by atoms with van der Waals surface area (Å²) in [5.74, 6) is -1.47. The number of hydroxylamine groups is 1. The van der Waals surface area contributed by atoms with E-state index in [1.54, 1.807) is 12.1 Å². The molecular weight excluding hydrogens is 536 g/mol. The number of likely N-dealkylation sites (tertiary alicyclic amines) is 2. The lowest BCUT2D eigenvalue weighted by molar-refractivity contribution is 0.0897. The largest absolute Gasteiger partial charge is 0.744 e. The second kappa shape index (κ2) is 9.88. The second-order valence-electron chi connectivity index (χ2n) is 10.9. The molecule has 4 atom stereocenters. The minimum absolute atomic E-state index is 0.0330. The Labute approximate surface area is 228 Å². The van der Waals surface area contributed by atoms with Crippen molar-refractivity contribution in [3.05, 3.63) is 73.7 Å². The zero-order valence-corrected chi connectivity index (χ0v) is 22.9. The number of benzene rings is 2. The Hall–Kier alpha value is -1.55. The van der Waals surface area contributed by atoms with Crippen LogP contribution in [0.2, 0.25) is 10.0 Å². The maximum Gasteiger partial charge on any atom is 0.258 e. The van der Waals surface area contributed by atoms with Gasteiger partial charge in [-0.05, 0) is 92.0 Å². The zero-order chi connectivity index (χ0) is 26.0. The quantitative estimate of drug-likeness (QED) is 0.379. The first-order chi connectivity index (χ1) is 17.7. The predicted molar refractivity (Wildman–Crippen MR) is 143 cm³/mol. The number of piperazine rings is 1. The van der Waals surface area contributed by atoms with Crippen molar-refractivity contribution in [3.8, 4) is 0 Å². The van der Waals surface area contributed by atoms with Crippen molar-refractivity contribution in [2.75, 3.05) is 13.1 Å². The van der Waals surface area contributed by atoms with Gasteiger partial charge in [0.05, 0.1) is 10.8 Å². The summed E-state index contributed by atoms with van der Waals surface area (Å²) in [4.78, 5) is 17.6. The summed E-state index contributed by atoms with van der Waals surface area (Å²) in [5, 5.41) is 13.3. The normalized spacial score (nSPS) is 25.4. The molecule has 4 aliphatic rings. The van der Waals surface area contributed by atoms with E-state index < -0.39 is 22.7 Å². The Bertz CT molecular complexity index is 1250. The molecule has 10 heteroatoms. The molecule has 2 saturated heterocycles. The van der Waals surface area contributed by atoms with Crippen molar-refractivity contribution < 1.29 is 13.4 Å². The number of fused-ring (bicyclic) bond motifs is 2. The van der Waals surface area contributed by atoms with Gasteiger partial charge in [-0.15, -0.1) is 0 Å². The number of hydrogen-bond donors (Lipinski definition) is 0. The van der Waals surface area contributed by atoms with Crippen molar-refractivity contribution in [2.45, 2.75) is 74.9 Å². The third kappa shape index (κ3) is 5.09. The van der Waals surface area contributed by atoms with Crippen LogP contribution in [0.4, 0.5) is 4.39 Å². The molecule has 198 valence electrons. The van der Waals surface area contributed by atoms with Crippen LogP contribution in [0.1, 0.15) is 78.0 Å². The molecule has 2 bridgehead atoms. The molecule has 0 N–H and O–H groups in total. The van der Waals surface area contributed by atoms with Crippen molar-refractivity contribution in [3.63, 3.8) is 0 Å². The summed E-state index contributed by atoms with van der Waals surface area (Å²) < 4.78 is 27.3. The van der Waals surface area contributed by atoms with Crippen LogP contribution in [0.15, 0.2) is 30.3 Å². The fraction of sp³-hybridized carbons (Fsp3) is 0.519. The molecule has 2 saturated carbocycles. The van der Waals surface area contributed by atoms with Gasteiger partial charge in [-0.1, -0.05) is 23.2 Å². The van der Waals surface area contributed by atoms with E-state index in [1.165, 1.54) is 6.07 Å². The van der Waals surface area contributed by atoms with E-state index >= 15 is 4.39 Å². The van der Waals surface area contributed by atoms with E-state index in [9.17, 15) is 14.2 Å². The van der Waals surface area contributed by atoms with E-state index in [2.05, 4.69) is 16.7 Å². The minimum Gasteiger partial charge on any atom is -0.744 e. The summed E-state index contributed by atoms with van der Waals surface area (Å²) in [6.45, 7) is 4.58. The van der Waals surface area contributed by atoms with Gasteiger partial charge >= 0.3 is 0 Å². The first-order valence-electron chi connectivity index (χ1n) is 12.9. The fourth-order valence-corrected chi connectivity index (χ4v) is 7.58. The first kappa shape index (κ1) is 25.7. The molecule has 2 aromatic rings. The van der Waals surface area contributed by atoms with Crippen LogP contribution in [0.5, 0.6) is 0 Å². The van der Waals surface area contributed by atoms with Crippen molar-refractivity contribution >= 4 is 40.1 Å². The summed E-state index contributed by atoms with van der Waals surface area (Å²) >= 11 is 12.5. The predicted octanol–water partition coefficient (Wildman–Crippen LogP) is 5.80. The Morgan fingerprint density at radius 2 is 1.81 bits per heavy atom. The average Bonchev–Trinajstić information content (AvgIpc) is 3.79. The number of carbonyl (C=O) groups excluding carboxylic acids is 1. The zero-order valence-electron chi connectivity index (χ0n) is 20.5. The molecule has 1 amide bonds. The van der Waals surface area contributed by atoms with Crippen LogP contribution in [-0.4, -0.2) is 54.8 Å². The molecule has 0 radical (unpaired) electrons. The lowest BCUT2D eigenvalue weighted by atomic mass is 9.98. The van der Waals surface area contributed by atoms with Gasteiger partial charge in [0.15, 0.2) is 0 Å². The fourth-order valence-electron chi connectivity index (χ4n) is 5.97. The molecule has 2 aliphatic heterocycles. The van der Waals surface area contributed by atoms with Crippen molar-refractivity contribution in [1.82, 2.24) is 14.3 Å². The summed E-state index contributed by atoms with van der Waals surface area (Å²) in [6.07, 6.45) is 4.35. The highest BCUT2D eigenvalue weighted by Crippen LogP contribution is 2.44. The number of amides is 1. The van der Waals surface area contributed by atoms with Crippen LogP contribution in [0, 0.1) is 11.0 Å². The maximum atomic E-state index is 15.2.